The Balaban J connectivity index is 0.00000136. The summed E-state index contributed by atoms with van der Waals surface area (Å²) in [5.74, 6) is 0. The lowest BCUT2D eigenvalue weighted by atomic mass is 10.1. The van der Waals surface area contributed by atoms with E-state index < -0.39 is 0 Å². The van der Waals surface area contributed by atoms with Crippen molar-refractivity contribution in [2.24, 2.45) is 0 Å². The van der Waals surface area contributed by atoms with Gasteiger partial charge in [-0.25, -0.2) is 0 Å². The number of nitrogens with zero attached hydrogens (tertiary/aromatic N) is 2. The van der Waals surface area contributed by atoms with Gasteiger partial charge in [-0.3, -0.25) is 9.97 Å². The summed E-state index contributed by atoms with van der Waals surface area (Å²) in [7, 11) is 0. The zero-order valence-electron chi connectivity index (χ0n) is 17.1. The topological polar surface area (TPSA) is 25.8 Å². The molecule has 0 unspecified atom stereocenters. The highest BCUT2D eigenvalue weighted by atomic mass is 14.7. The molecule has 0 saturated carbocycles. The van der Waals surface area contributed by atoms with Crippen LogP contribution in [0.25, 0.3) is 28.0 Å². The van der Waals surface area contributed by atoms with Crippen LogP contribution in [0.5, 0.6) is 0 Å². The normalized spacial score (nSPS) is 11.5. The Bertz CT molecular complexity index is 916. The molecule has 0 aliphatic rings. The molecule has 28 heavy (non-hydrogen) atoms. The first-order chi connectivity index (χ1) is 13.8. The molecule has 142 valence electrons. The lowest BCUT2D eigenvalue weighted by Gasteiger charge is -2.06. The highest BCUT2D eigenvalue weighted by molar-refractivity contribution is 5.74. The number of hydrogen-bond donors (Lipinski definition) is 0. The Morgan fingerprint density at radius 2 is 1.39 bits per heavy atom. The van der Waals surface area contributed by atoms with Gasteiger partial charge >= 0.3 is 0 Å². The third-order valence-electron chi connectivity index (χ3n) is 4.04. The van der Waals surface area contributed by atoms with Crippen LogP contribution in [-0.4, -0.2) is 9.97 Å². The van der Waals surface area contributed by atoms with Gasteiger partial charge in [0, 0.05) is 29.1 Å². The van der Waals surface area contributed by atoms with Crippen LogP contribution in [-0.2, 0) is 0 Å². The predicted molar refractivity (Wildman–Crippen MR) is 122 cm³/mol. The summed E-state index contributed by atoms with van der Waals surface area (Å²) in [4.78, 5) is 9.22. The Morgan fingerprint density at radius 3 is 1.93 bits per heavy atom. The molecule has 0 radical (unpaired) electrons. The maximum absolute atomic E-state index is 4.63. The van der Waals surface area contributed by atoms with Gasteiger partial charge in [0.05, 0.1) is 11.4 Å². The first-order valence-electron chi connectivity index (χ1n) is 9.76. The Labute approximate surface area is 169 Å². The summed E-state index contributed by atoms with van der Waals surface area (Å²) in [5.41, 5.74) is 6.27. The van der Waals surface area contributed by atoms with Crippen molar-refractivity contribution in [2.75, 3.05) is 0 Å². The van der Waals surface area contributed by atoms with Gasteiger partial charge in [0.2, 0.25) is 0 Å². The molecule has 0 amide bonds. The molecule has 2 aromatic heterocycles. The summed E-state index contributed by atoms with van der Waals surface area (Å²) in [5, 5.41) is 0. The van der Waals surface area contributed by atoms with E-state index in [-0.39, 0.29) is 0 Å². The van der Waals surface area contributed by atoms with E-state index in [9.17, 15) is 0 Å². The van der Waals surface area contributed by atoms with Crippen LogP contribution in [0.2, 0.25) is 0 Å². The molecule has 2 heteroatoms. The number of benzene rings is 1. The molecule has 0 N–H and O–H groups in total. The molecule has 3 aromatic rings. The minimum Gasteiger partial charge on any atom is -0.256 e. The fourth-order valence-electron chi connectivity index (χ4n) is 2.69. The summed E-state index contributed by atoms with van der Waals surface area (Å²) < 4.78 is 0. The van der Waals surface area contributed by atoms with Crippen LogP contribution < -0.4 is 0 Å². The van der Waals surface area contributed by atoms with Crippen LogP contribution in [0.4, 0.5) is 0 Å². The van der Waals surface area contributed by atoms with Gasteiger partial charge in [-0.1, -0.05) is 86.7 Å². The number of aromatic nitrogens is 2. The van der Waals surface area contributed by atoms with Crippen molar-refractivity contribution in [3.8, 4) is 22.4 Å². The van der Waals surface area contributed by atoms with Gasteiger partial charge in [0.15, 0.2) is 0 Å². The van der Waals surface area contributed by atoms with E-state index in [1.54, 1.807) is 0 Å². The van der Waals surface area contributed by atoms with Crippen molar-refractivity contribution in [1.29, 1.82) is 0 Å². The van der Waals surface area contributed by atoms with Crippen LogP contribution in [0.1, 0.15) is 33.4 Å². The summed E-state index contributed by atoms with van der Waals surface area (Å²) in [6, 6.07) is 18.5. The molecule has 1 aromatic carbocycles. The minimum atomic E-state index is 0.957. The predicted octanol–water partition coefficient (Wildman–Crippen LogP) is 7.37. The van der Waals surface area contributed by atoms with Crippen LogP contribution in [0, 0.1) is 0 Å². The Hall–Kier alpha value is -3.26. The minimum absolute atomic E-state index is 0.957. The molecule has 3 rings (SSSR count). The zero-order chi connectivity index (χ0) is 20.2. The molecule has 0 aliphatic heterocycles. The monoisotopic (exact) mass is 368 g/mol. The average molecular weight is 369 g/mol. The van der Waals surface area contributed by atoms with Gasteiger partial charge in [-0.15, -0.1) is 0 Å². The molecule has 0 bridgehead atoms. The van der Waals surface area contributed by atoms with E-state index in [1.165, 1.54) is 0 Å². The van der Waals surface area contributed by atoms with Crippen molar-refractivity contribution in [3.05, 3.63) is 103 Å². The second-order valence-corrected chi connectivity index (χ2v) is 5.88. The maximum Gasteiger partial charge on any atom is 0.0702 e. The fraction of sp³-hybridized carbons (Fsp3) is 0.154. The van der Waals surface area contributed by atoms with Crippen molar-refractivity contribution in [3.63, 3.8) is 0 Å². The smallest absolute Gasteiger partial charge is 0.0702 e. The third kappa shape index (κ3) is 5.62. The third-order valence-corrected chi connectivity index (χ3v) is 4.04. The van der Waals surface area contributed by atoms with Crippen LogP contribution in [0.3, 0.4) is 0 Å². The second-order valence-electron chi connectivity index (χ2n) is 5.88. The highest BCUT2D eigenvalue weighted by Crippen LogP contribution is 2.23. The number of pyridine rings is 2. The van der Waals surface area contributed by atoms with Gasteiger partial charge < -0.3 is 0 Å². The standard InChI is InChI=1S/C24H22N2.C2H6/c1-3-5-10-19(9-4-2)23-15-13-21(17-25-23)22-14-16-24(26-18-22)20-11-7-6-8-12-20;1-2/h3-18H,1-2H3;1-2H3/b5-3-,9-4-,19-10+;. The molecule has 0 fully saturated rings. The lowest BCUT2D eigenvalue weighted by Crippen LogP contribution is -1.89. The maximum atomic E-state index is 4.63. The Kier molecular flexibility index (Phi) is 8.61. The molecule has 0 spiro atoms. The van der Waals surface area contributed by atoms with Gasteiger partial charge in [-0.2, -0.15) is 0 Å². The molecular formula is C26H28N2. The molecule has 0 saturated heterocycles. The largest absolute Gasteiger partial charge is 0.256 e. The lowest BCUT2D eigenvalue weighted by molar-refractivity contribution is 1.27. The van der Waals surface area contributed by atoms with Crippen molar-refractivity contribution >= 4 is 5.57 Å². The Morgan fingerprint density at radius 1 is 0.714 bits per heavy atom. The zero-order valence-corrected chi connectivity index (χ0v) is 17.1. The van der Waals surface area contributed by atoms with Crippen molar-refractivity contribution in [2.45, 2.75) is 27.7 Å². The summed E-state index contributed by atoms with van der Waals surface area (Å²) >= 11 is 0. The molecular weight excluding hydrogens is 340 g/mol. The molecule has 0 aliphatic carbocycles. The first-order valence-corrected chi connectivity index (χ1v) is 9.76. The molecule has 2 heterocycles. The fourth-order valence-corrected chi connectivity index (χ4v) is 2.69. The average Bonchev–Trinajstić information content (AvgIpc) is 2.79. The molecule has 2 nitrogen and oxygen atoms in total. The van der Waals surface area contributed by atoms with Crippen molar-refractivity contribution < 1.29 is 0 Å². The second kappa shape index (κ2) is 11.5. The number of rotatable bonds is 5. The van der Waals surface area contributed by atoms with Crippen LogP contribution in [0.15, 0.2) is 97.4 Å². The van der Waals surface area contributed by atoms with E-state index >= 15 is 0 Å². The molecule has 0 atom stereocenters. The van der Waals surface area contributed by atoms with E-state index in [0.717, 1.165) is 33.7 Å². The van der Waals surface area contributed by atoms with E-state index in [4.69, 9.17) is 0 Å². The summed E-state index contributed by atoms with van der Waals surface area (Å²) in [6.07, 6.45) is 14.0. The van der Waals surface area contributed by atoms with Crippen LogP contribution >= 0.6 is 0 Å². The van der Waals surface area contributed by atoms with Gasteiger partial charge in [0.1, 0.15) is 0 Å². The quantitative estimate of drug-likeness (QED) is 0.439. The highest BCUT2D eigenvalue weighted by Gasteiger charge is 2.04. The number of allylic oxidation sites excluding steroid dienone is 6. The summed E-state index contributed by atoms with van der Waals surface area (Å²) in [6.45, 7) is 8.02. The van der Waals surface area contributed by atoms with Gasteiger partial charge in [-0.05, 0) is 31.6 Å². The number of hydrogen-bond acceptors (Lipinski definition) is 2. The first kappa shape index (κ1) is 21.0. The SMILES string of the molecule is CC.C\C=C/C=C(\C=C/C)c1ccc(-c2ccc(-c3ccccc3)nc2)cn1. The van der Waals surface area contributed by atoms with Gasteiger partial charge in [0.25, 0.3) is 0 Å². The van der Waals surface area contributed by atoms with E-state index in [0.29, 0.717) is 0 Å². The van der Waals surface area contributed by atoms with E-state index in [1.807, 2.05) is 76.5 Å². The van der Waals surface area contributed by atoms with E-state index in [2.05, 4.69) is 58.5 Å². The van der Waals surface area contributed by atoms with Crippen molar-refractivity contribution in [1.82, 2.24) is 9.97 Å².